The van der Waals surface area contributed by atoms with Gasteiger partial charge in [0.15, 0.2) is 0 Å². The second-order valence-electron chi connectivity index (χ2n) is 5.43. The van der Waals surface area contributed by atoms with Crippen LogP contribution in [0.3, 0.4) is 0 Å². The van der Waals surface area contributed by atoms with E-state index in [1.807, 2.05) is 0 Å². The molecule has 0 amide bonds. The molecular formula is C17H35BrO4. The lowest BCUT2D eigenvalue weighted by molar-refractivity contribution is 0.00719. The van der Waals surface area contributed by atoms with Gasteiger partial charge in [-0.25, -0.2) is 0 Å². The van der Waals surface area contributed by atoms with Gasteiger partial charge in [0.1, 0.15) is 0 Å². The molecule has 0 atom stereocenters. The monoisotopic (exact) mass is 382 g/mol. The van der Waals surface area contributed by atoms with E-state index in [1.165, 1.54) is 51.4 Å². The first-order valence-corrected chi connectivity index (χ1v) is 9.94. The summed E-state index contributed by atoms with van der Waals surface area (Å²) in [5.41, 5.74) is 0. The summed E-state index contributed by atoms with van der Waals surface area (Å²) in [6.07, 6.45) is 12.0. The zero-order chi connectivity index (χ0) is 16.1. The predicted molar refractivity (Wildman–Crippen MR) is 94.9 cm³/mol. The van der Waals surface area contributed by atoms with Crippen LogP contribution in [0.15, 0.2) is 0 Å². The quantitative estimate of drug-likeness (QED) is 0.271. The van der Waals surface area contributed by atoms with Gasteiger partial charge in [0.25, 0.3) is 0 Å². The SMILES string of the molecule is OCCOCCOCCOCCCCCCCCCCCBr. The van der Waals surface area contributed by atoms with Gasteiger partial charge in [-0.2, -0.15) is 0 Å². The Hall–Kier alpha value is 0.320. The van der Waals surface area contributed by atoms with Crippen molar-refractivity contribution in [2.45, 2.75) is 57.8 Å². The number of ether oxygens (including phenoxy) is 3. The first-order chi connectivity index (χ1) is 10.9. The average molecular weight is 383 g/mol. The van der Waals surface area contributed by atoms with E-state index in [0.717, 1.165) is 18.4 Å². The maximum atomic E-state index is 8.51. The van der Waals surface area contributed by atoms with E-state index in [4.69, 9.17) is 19.3 Å². The molecular weight excluding hydrogens is 348 g/mol. The summed E-state index contributed by atoms with van der Waals surface area (Å²) in [6, 6.07) is 0. The molecule has 0 aromatic rings. The largest absolute Gasteiger partial charge is 0.394 e. The zero-order valence-corrected chi connectivity index (χ0v) is 15.7. The van der Waals surface area contributed by atoms with Gasteiger partial charge in [-0.15, -0.1) is 0 Å². The number of aliphatic hydroxyl groups is 1. The molecule has 0 fully saturated rings. The topological polar surface area (TPSA) is 47.9 Å². The fourth-order valence-electron chi connectivity index (χ4n) is 2.14. The van der Waals surface area contributed by atoms with E-state index >= 15 is 0 Å². The summed E-state index contributed by atoms with van der Waals surface area (Å²) >= 11 is 3.47. The normalized spacial score (nSPS) is 11.2. The number of alkyl halides is 1. The molecule has 0 aliphatic carbocycles. The molecule has 0 heterocycles. The molecule has 0 unspecified atom stereocenters. The predicted octanol–water partition coefficient (Wildman–Crippen LogP) is 3.93. The van der Waals surface area contributed by atoms with Crippen LogP contribution >= 0.6 is 15.9 Å². The smallest absolute Gasteiger partial charge is 0.0701 e. The molecule has 0 aromatic carbocycles. The first kappa shape index (κ1) is 22.3. The lowest BCUT2D eigenvalue weighted by Gasteiger charge is -2.06. The van der Waals surface area contributed by atoms with Crippen molar-refractivity contribution in [2.75, 3.05) is 51.6 Å². The fraction of sp³-hybridized carbons (Fsp3) is 1.00. The van der Waals surface area contributed by atoms with Crippen molar-refractivity contribution in [3.63, 3.8) is 0 Å². The first-order valence-electron chi connectivity index (χ1n) is 8.82. The highest BCUT2D eigenvalue weighted by Crippen LogP contribution is 2.10. The molecule has 22 heavy (non-hydrogen) atoms. The van der Waals surface area contributed by atoms with Crippen LogP contribution in [0.5, 0.6) is 0 Å². The maximum absolute atomic E-state index is 8.51. The molecule has 0 aromatic heterocycles. The van der Waals surface area contributed by atoms with E-state index in [2.05, 4.69) is 15.9 Å². The molecule has 1 N–H and O–H groups in total. The Bertz CT molecular complexity index is 173. The second kappa shape index (κ2) is 21.3. The van der Waals surface area contributed by atoms with Crippen LogP contribution < -0.4 is 0 Å². The maximum Gasteiger partial charge on any atom is 0.0701 e. The molecule has 0 bridgehead atoms. The Morgan fingerprint density at radius 1 is 0.500 bits per heavy atom. The minimum Gasteiger partial charge on any atom is -0.394 e. The molecule has 0 radical (unpaired) electrons. The highest BCUT2D eigenvalue weighted by molar-refractivity contribution is 9.09. The molecule has 134 valence electrons. The van der Waals surface area contributed by atoms with Crippen LogP contribution in [-0.4, -0.2) is 56.7 Å². The minimum atomic E-state index is 0.0697. The summed E-state index contributed by atoms with van der Waals surface area (Å²) in [5.74, 6) is 0. The van der Waals surface area contributed by atoms with Crippen LogP contribution in [-0.2, 0) is 14.2 Å². The summed E-state index contributed by atoms with van der Waals surface area (Å²) in [4.78, 5) is 0. The second-order valence-corrected chi connectivity index (χ2v) is 6.22. The number of rotatable bonds is 19. The molecule has 0 saturated carbocycles. The molecule has 0 spiro atoms. The van der Waals surface area contributed by atoms with Crippen LogP contribution in [0.4, 0.5) is 0 Å². The minimum absolute atomic E-state index is 0.0697. The summed E-state index contributed by atoms with van der Waals surface area (Å²) in [7, 11) is 0. The highest BCUT2D eigenvalue weighted by atomic mass is 79.9. The van der Waals surface area contributed by atoms with Gasteiger partial charge in [0.2, 0.25) is 0 Å². The van der Waals surface area contributed by atoms with Gasteiger partial charge in [0.05, 0.1) is 39.6 Å². The fourth-order valence-corrected chi connectivity index (χ4v) is 2.54. The van der Waals surface area contributed by atoms with Crippen LogP contribution in [0, 0.1) is 0 Å². The van der Waals surface area contributed by atoms with Gasteiger partial charge >= 0.3 is 0 Å². The number of aliphatic hydroxyl groups excluding tert-OH is 1. The molecule has 4 nitrogen and oxygen atoms in total. The number of hydrogen-bond acceptors (Lipinski definition) is 4. The van der Waals surface area contributed by atoms with Crippen molar-refractivity contribution in [1.29, 1.82) is 0 Å². The summed E-state index contributed by atoms with van der Waals surface area (Å²) in [5, 5.41) is 9.66. The van der Waals surface area contributed by atoms with E-state index in [0.29, 0.717) is 33.0 Å². The van der Waals surface area contributed by atoms with Crippen molar-refractivity contribution in [3.05, 3.63) is 0 Å². The lowest BCUT2D eigenvalue weighted by Crippen LogP contribution is -2.11. The van der Waals surface area contributed by atoms with Crippen molar-refractivity contribution >= 4 is 15.9 Å². The van der Waals surface area contributed by atoms with Crippen molar-refractivity contribution in [2.24, 2.45) is 0 Å². The van der Waals surface area contributed by atoms with Crippen molar-refractivity contribution in [3.8, 4) is 0 Å². The zero-order valence-electron chi connectivity index (χ0n) is 14.1. The third kappa shape index (κ3) is 20.3. The van der Waals surface area contributed by atoms with Gasteiger partial charge < -0.3 is 19.3 Å². The third-order valence-electron chi connectivity index (χ3n) is 3.40. The molecule has 5 heteroatoms. The summed E-state index contributed by atoms with van der Waals surface area (Å²) in [6.45, 7) is 3.69. The van der Waals surface area contributed by atoms with Crippen molar-refractivity contribution < 1.29 is 19.3 Å². The Labute approximate surface area is 145 Å². The number of unbranched alkanes of at least 4 members (excludes halogenated alkanes) is 8. The van der Waals surface area contributed by atoms with Crippen LogP contribution in [0.1, 0.15) is 57.8 Å². The Morgan fingerprint density at radius 3 is 1.41 bits per heavy atom. The van der Waals surface area contributed by atoms with Crippen LogP contribution in [0.2, 0.25) is 0 Å². The Kier molecular flexibility index (Phi) is 21.6. The van der Waals surface area contributed by atoms with Gasteiger partial charge in [-0.05, 0) is 12.8 Å². The Balaban J connectivity index is 2.91. The molecule has 0 saturated heterocycles. The third-order valence-corrected chi connectivity index (χ3v) is 3.96. The Morgan fingerprint density at radius 2 is 0.909 bits per heavy atom. The number of halogens is 1. The van der Waals surface area contributed by atoms with Gasteiger partial charge in [-0.3, -0.25) is 0 Å². The van der Waals surface area contributed by atoms with E-state index in [9.17, 15) is 0 Å². The molecule has 0 rings (SSSR count). The van der Waals surface area contributed by atoms with Crippen molar-refractivity contribution in [1.82, 2.24) is 0 Å². The van der Waals surface area contributed by atoms with E-state index in [1.54, 1.807) is 0 Å². The molecule has 0 aliphatic rings. The average Bonchev–Trinajstić information content (AvgIpc) is 2.54. The number of hydrogen-bond donors (Lipinski definition) is 1. The lowest BCUT2D eigenvalue weighted by atomic mass is 10.1. The standard InChI is InChI=1S/C17H35BrO4/c18-10-8-6-4-2-1-3-5-7-9-12-20-14-16-22-17-15-21-13-11-19/h19H,1-17H2. The molecule has 0 aliphatic heterocycles. The van der Waals surface area contributed by atoms with Crippen LogP contribution in [0.25, 0.3) is 0 Å². The highest BCUT2D eigenvalue weighted by Gasteiger charge is 1.94. The van der Waals surface area contributed by atoms with E-state index < -0.39 is 0 Å². The summed E-state index contributed by atoms with van der Waals surface area (Å²) < 4.78 is 16.0. The van der Waals surface area contributed by atoms with Gasteiger partial charge in [-0.1, -0.05) is 60.9 Å². The van der Waals surface area contributed by atoms with E-state index in [-0.39, 0.29) is 6.61 Å². The van der Waals surface area contributed by atoms with Gasteiger partial charge in [0, 0.05) is 11.9 Å².